The summed E-state index contributed by atoms with van der Waals surface area (Å²) >= 11 is 0. The molecule has 0 saturated heterocycles. The van der Waals surface area contributed by atoms with E-state index in [9.17, 15) is 15.0 Å². The van der Waals surface area contributed by atoms with Gasteiger partial charge in [-0.05, 0) is 75.4 Å². The molecule has 1 amide bonds. The van der Waals surface area contributed by atoms with Crippen LogP contribution in [0.5, 0.6) is 5.75 Å². The lowest BCUT2D eigenvalue weighted by molar-refractivity contribution is -0.120. The number of aromatic hydroxyl groups is 1. The van der Waals surface area contributed by atoms with E-state index in [0.717, 1.165) is 33.5 Å². The fourth-order valence-corrected chi connectivity index (χ4v) is 4.28. The zero-order chi connectivity index (χ0) is 26.7. The highest BCUT2D eigenvalue weighted by Gasteiger charge is 2.26. The topological polar surface area (TPSA) is 81.6 Å². The molecule has 0 aromatic heterocycles. The number of rotatable bonds is 6. The van der Waals surface area contributed by atoms with Gasteiger partial charge in [0.2, 0.25) is 5.91 Å². The van der Waals surface area contributed by atoms with Gasteiger partial charge >= 0.3 is 0 Å². The van der Waals surface area contributed by atoms with Crippen molar-refractivity contribution in [3.8, 4) is 5.75 Å². The molecule has 3 rings (SSSR count). The molecule has 2 aromatic carbocycles. The van der Waals surface area contributed by atoms with E-state index in [4.69, 9.17) is 0 Å². The Bertz CT molecular complexity index is 1150. The number of carbonyl (C=O) groups is 1. The van der Waals surface area contributed by atoms with Crippen LogP contribution in [0.25, 0.3) is 5.57 Å². The summed E-state index contributed by atoms with van der Waals surface area (Å²) in [6, 6.07) is 12.0. The van der Waals surface area contributed by atoms with E-state index in [1.54, 1.807) is 12.2 Å². The van der Waals surface area contributed by atoms with Crippen molar-refractivity contribution >= 4 is 17.2 Å². The lowest BCUT2D eigenvalue weighted by Crippen LogP contribution is -2.23. The molecule has 1 aliphatic carbocycles. The van der Waals surface area contributed by atoms with Crippen molar-refractivity contribution < 1.29 is 15.0 Å². The second-order valence-corrected chi connectivity index (χ2v) is 11.5. The molecule has 0 spiro atoms. The number of hydrogen-bond acceptors (Lipinski definition) is 4. The molecule has 0 fully saturated rings. The molecule has 0 heterocycles. The first-order valence-electron chi connectivity index (χ1n) is 12.5. The van der Waals surface area contributed by atoms with E-state index < -0.39 is 6.10 Å². The molecule has 1 unspecified atom stereocenters. The Morgan fingerprint density at radius 1 is 0.917 bits per heavy atom. The molecular formula is C31H40N2O3. The number of allylic oxidation sites excluding steroid dienone is 3. The number of hydrogen-bond donors (Lipinski definition) is 4. The number of aryl methyl sites for hydroxylation is 1. The van der Waals surface area contributed by atoms with Crippen LogP contribution in [0.1, 0.15) is 70.2 Å². The van der Waals surface area contributed by atoms with Crippen LogP contribution >= 0.6 is 0 Å². The Morgan fingerprint density at radius 3 is 2.03 bits per heavy atom. The Labute approximate surface area is 215 Å². The largest absolute Gasteiger partial charge is 0.507 e. The first-order chi connectivity index (χ1) is 16.8. The van der Waals surface area contributed by atoms with E-state index >= 15 is 0 Å². The van der Waals surface area contributed by atoms with Crippen LogP contribution in [0.2, 0.25) is 0 Å². The highest BCUT2D eigenvalue weighted by Crippen LogP contribution is 2.40. The third-order valence-corrected chi connectivity index (χ3v) is 6.36. The van der Waals surface area contributed by atoms with Gasteiger partial charge in [-0.3, -0.25) is 4.79 Å². The fraction of sp³-hybridized carbons (Fsp3) is 0.387. The number of aliphatic hydroxyl groups is 1. The second-order valence-electron chi connectivity index (χ2n) is 11.5. The van der Waals surface area contributed by atoms with Gasteiger partial charge < -0.3 is 20.8 Å². The summed E-state index contributed by atoms with van der Waals surface area (Å²) in [5.41, 5.74) is 5.84. The first-order valence-corrected chi connectivity index (χ1v) is 12.5. The van der Waals surface area contributed by atoms with E-state index in [1.807, 2.05) is 55.6 Å². The summed E-state index contributed by atoms with van der Waals surface area (Å²) < 4.78 is 0. The summed E-state index contributed by atoms with van der Waals surface area (Å²) in [6.45, 7) is 12.5. The SMILES string of the molecule is CNc1ccc(C2=CC(O)C=C(NC(=O)CCc3cc(C(C)(C)C)c(O)c(C(C)(C)C)c3)C=C2)cc1. The molecule has 5 nitrogen and oxygen atoms in total. The van der Waals surface area contributed by atoms with E-state index in [2.05, 4.69) is 52.2 Å². The maximum atomic E-state index is 12.8. The summed E-state index contributed by atoms with van der Waals surface area (Å²) in [5.74, 6) is 0.220. The Hall–Kier alpha value is -3.31. The maximum absolute atomic E-state index is 12.8. The highest BCUT2D eigenvalue weighted by molar-refractivity contribution is 5.81. The van der Waals surface area contributed by atoms with Gasteiger partial charge in [-0.2, -0.15) is 0 Å². The molecule has 0 aliphatic heterocycles. The third-order valence-electron chi connectivity index (χ3n) is 6.36. The normalized spacial score (nSPS) is 16.2. The van der Waals surface area contributed by atoms with Crippen LogP contribution in [-0.4, -0.2) is 29.3 Å². The highest BCUT2D eigenvalue weighted by atomic mass is 16.3. The van der Waals surface area contributed by atoms with Crippen molar-refractivity contribution in [2.75, 3.05) is 12.4 Å². The van der Waals surface area contributed by atoms with Crippen molar-refractivity contribution in [3.63, 3.8) is 0 Å². The van der Waals surface area contributed by atoms with Crippen LogP contribution < -0.4 is 10.6 Å². The molecule has 0 bridgehead atoms. The smallest absolute Gasteiger partial charge is 0.224 e. The predicted octanol–water partition coefficient (Wildman–Crippen LogP) is 5.98. The van der Waals surface area contributed by atoms with Crippen LogP contribution in [0.3, 0.4) is 0 Å². The molecule has 0 radical (unpaired) electrons. The number of phenolic OH excluding ortho intramolecular Hbond substituents is 1. The van der Waals surface area contributed by atoms with E-state index in [-0.39, 0.29) is 16.7 Å². The minimum absolute atomic E-state index is 0.123. The van der Waals surface area contributed by atoms with Gasteiger partial charge in [0.25, 0.3) is 0 Å². The number of anilines is 1. The molecular weight excluding hydrogens is 448 g/mol. The van der Waals surface area contributed by atoms with Crippen molar-refractivity contribution in [2.45, 2.75) is 71.3 Å². The summed E-state index contributed by atoms with van der Waals surface area (Å²) in [4.78, 5) is 12.8. The third kappa shape index (κ3) is 6.88. The molecule has 4 N–H and O–H groups in total. The summed E-state index contributed by atoms with van der Waals surface area (Å²) in [7, 11) is 1.87. The number of amides is 1. The predicted molar refractivity (Wildman–Crippen MR) is 149 cm³/mol. The Kier molecular flexibility index (Phi) is 8.15. The molecule has 0 saturated carbocycles. The van der Waals surface area contributed by atoms with Gasteiger partial charge in [0.15, 0.2) is 0 Å². The van der Waals surface area contributed by atoms with Crippen LogP contribution in [0.4, 0.5) is 5.69 Å². The summed E-state index contributed by atoms with van der Waals surface area (Å²) in [6.07, 6.45) is 7.17. The molecule has 2 aromatic rings. The van der Waals surface area contributed by atoms with Crippen molar-refractivity contribution in [1.29, 1.82) is 0 Å². The lowest BCUT2D eigenvalue weighted by atomic mass is 9.78. The van der Waals surface area contributed by atoms with Crippen molar-refractivity contribution in [2.24, 2.45) is 0 Å². The minimum atomic E-state index is -0.810. The number of benzene rings is 2. The van der Waals surface area contributed by atoms with Crippen LogP contribution in [-0.2, 0) is 22.0 Å². The standard InChI is InChI=1S/C31H40N2O3/c1-30(2,3)26-16-20(17-27(29(26)36)31(4,5)6)8-15-28(35)33-24-14-11-22(18-25(34)19-24)21-9-12-23(32-7)13-10-21/h9-14,16-19,25,32,34,36H,8,15H2,1-7H3,(H,33,35). The fourth-order valence-electron chi connectivity index (χ4n) is 4.28. The average molecular weight is 489 g/mol. The number of carbonyl (C=O) groups excluding carboxylic acids is 1. The van der Waals surface area contributed by atoms with Crippen molar-refractivity contribution in [1.82, 2.24) is 5.32 Å². The van der Waals surface area contributed by atoms with Gasteiger partial charge in [-0.25, -0.2) is 0 Å². The monoisotopic (exact) mass is 488 g/mol. The van der Waals surface area contributed by atoms with Gasteiger partial charge in [0.05, 0.1) is 6.10 Å². The average Bonchev–Trinajstić information content (AvgIpc) is 2.97. The Morgan fingerprint density at radius 2 is 1.50 bits per heavy atom. The van der Waals surface area contributed by atoms with Gasteiger partial charge in [-0.15, -0.1) is 0 Å². The Balaban J connectivity index is 1.71. The molecule has 5 heteroatoms. The first kappa shape index (κ1) is 27.3. The van der Waals surface area contributed by atoms with Crippen LogP contribution in [0, 0.1) is 0 Å². The zero-order valence-electron chi connectivity index (χ0n) is 22.6. The number of aliphatic hydroxyl groups excluding tert-OH is 1. The van der Waals surface area contributed by atoms with Gasteiger partial charge in [0.1, 0.15) is 5.75 Å². The van der Waals surface area contributed by atoms with E-state index in [1.165, 1.54) is 0 Å². The molecule has 1 atom stereocenters. The summed E-state index contributed by atoms with van der Waals surface area (Å²) in [5, 5.41) is 27.4. The maximum Gasteiger partial charge on any atom is 0.224 e. The lowest BCUT2D eigenvalue weighted by Gasteiger charge is -2.28. The number of nitrogens with one attached hydrogen (secondary N) is 2. The van der Waals surface area contributed by atoms with Crippen LogP contribution in [0.15, 0.2) is 66.4 Å². The van der Waals surface area contributed by atoms with Gasteiger partial charge in [0, 0.05) is 24.9 Å². The minimum Gasteiger partial charge on any atom is -0.507 e. The molecule has 192 valence electrons. The molecule has 1 aliphatic rings. The quantitative estimate of drug-likeness (QED) is 0.403. The van der Waals surface area contributed by atoms with Gasteiger partial charge in [-0.1, -0.05) is 71.9 Å². The number of phenols is 1. The van der Waals surface area contributed by atoms with Crippen molar-refractivity contribution in [3.05, 3.63) is 88.7 Å². The zero-order valence-corrected chi connectivity index (χ0v) is 22.6. The molecule has 36 heavy (non-hydrogen) atoms. The second kappa shape index (κ2) is 10.8. The van der Waals surface area contributed by atoms with E-state index in [0.29, 0.717) is 24.3 Å².